The van der Waals surface area contributed by atoms with Crippen LogP contribution in [0.1, 0.15) is 89.2 Å². The highest BCUT2D eigenvalue weighted by molar-refractivity contribution is 9.10. The van der Waals surface area contributed by atoms with Crippen molar-refractivity contribution in [2.45, 2.75) is 83.5 Å². The maximum absolute atomic E-state index is 3.52. The zero-order valence-electron chi connectivity index (χ0n) is 23.6. The summed E-state index contributed by atoms with van der Waals surface area (Å²) in [5.74, 6) is 0. The van der Waals surface area contributed by atoms with Crippen LogP contribution in [0.2, 0.25) is 0 Å². The van der Waals surface area contributed by atoms with Crippen LogP contribution in [0.5, 0.6) is 0 Å². The average Bonchev–Trinajstić information content (AvgIpc) is 3.24. The molecule has 0 unspecified atom stereocenters. The summed E-state index contributed by atoms with van der Waals surface area (Å²) in [5, 5.41) is 3.52. The number of unbranched alkanes of at least 4 members (excludes halogenated alkanes) is 6. The standard InChI is InChI=1S/C37H42BrN/c1-3-5-7-11-25-37(26-12-8-6-4-2)35-14-10-9-13-33(35)34-24-17-29(27-36(34)37)28-15-20-31(21-16-28)39-32-22-18-30(38)19-23-32/h9-10,13-24,27,39H,3-8,11-12,25-26H2,1-2H3. The highest BCUT2D eigenvalue weighted by Gasteiger charge is 2.42. The Morgan fingerprint density at radius 2 is 1.13 bits per heavy atom. The Balaban J connectivity index is 1.47. The van der Waals surface area contributed by atoms with E-state index in [-0.39, 0.29) is 5.41 Å². The summed E-state index contributed by atoms with van der Waals surface area (Å²) >= 11 is 3.52. The second-order valence-electron chi connectivity index (χ2n) is 11.2. The predicted octanol–water partition coefficient (Wildman–Crippen LogP) is 12.1. The molecule has 0 amide bonds. The van der Waals surface area contributed by atoms with Crippen LogP contribution in [-0.4, -0.2) is 0 Å². The van der Waals surface area contributed by atoms with Gasteiger partial charge in [-0.15, -0.1) is 0 Å². The molecule has 4 aromatic rings. The lowest BCUT2D eigenvalue weighted by Gasteiger charge is -2.33. The third-order valence-corrected chi connectivity index (χ3v) is 9.06. The Kier molecular flexibility index (Phi) is 9.24. The van der Waals surface area contributed by atoms with E-state index in [0.29, 0.717) is 0 Å². The van der Waals surface area contributed by atoms with Gasteiger partial charge in [0.25, 0.3) is 0 Å². The lowest BCUT2D eigenvalue weighted by atomic mass is 9.70. The molecule has 0 bridgehead atoms. The molecule has 1 aliphatic carbocycles. The molecule has 0 saturated carbocycles. The first-order chi connectivity index (χ1) is 19.1. The molecule has 2 heteroatoms. The molecular weight excluding hydrogens is 538 g/mol. The van der Waals surface area contributed by atoms with E-state index in [1.165, 1.54) is 86.5 Å². The normalized spacial score (nSPS) is 13.2. The number of anilines is 2. The second kappa shape index (κ2) is 13.0. The van der Waals surface area contributed by atoms with Crippen molar-refractivity contribution in [3.63, 3.8) is 0 Å². The highest BCUT2D eigenvalue weighted by Crippen LogP contribution is 2.55. The molecule has 39 heavy (non-hydrogen) atoms. The Hall–Kier alpha value is -2.84. The topological polar surface area (TPSA) is 12.0 Å². The number of halogens is 1. The summed E-state index contributed by atoms with van der Waals surface area (Å²) < 4.78 is 1.09. The Labute approximate surface area is 244 Å². The van der Waals surface area contributed by atoms with E-state index in [9.17, 15) is 0 Å². The van der Waals surface area contributed by atoms with Crippen molar-refractivity contribution in [2.24, 2.45) is 0 Å². The first-order valence-corrected chi connectivity index (χ1v) is 15.8. The summed E-state index contributed by atoms with van der Waals surface area (Å²) in [4.78, 5) is 0. The van der Waals surface area contributed by atoms with Crippen LogP contribution >= 0.6 is 15.9 Å². The van der Waals surface area contributed by atoms with Crippen LogP contribution in [0.3, 0.4) is 0 Å². The monoisotopic (exact) mass is 579 g/mol. The third kappa shape index (κ3) is 6.17. The van der Waals surface area contributed by atoms with Crippen molar-refractivity contribution in [2.75, 3.05) is 5.32 Å². The maximum Gasteiger partial charge on any atom is 0.0384 e. The number of rotatable bonds is 13. The average molecular weight is 581 g/mol. The van der Waals surface area contributed by atoms with Gasteiger partial charge in [0, 0.05) is 21.3 Å². The number of fused-ring (bicyclic) bond motifs is 3. The van der Waals surface area contributed by atoms with Gasteiger partial charge in [-0.05, 0) is 88.7 Å². The van der Waals surface area contributed by atoms with E-state index in [0.717, 1.165) is 15.8 Å². The van der Waals surface area contributed by atoms with Crippen molar-refractivity contribution >= 4 is 27.3 Å². The first-order valence-electron chi connectivity index (χ1n) is 15.0. The van der Waals surface area contributed by atoms with Crippen molar-refractivity contribution in [3.05, 3.63) is 107 Å². The van der Waals surface area contributed by atoms with Crippen molar-refractivity contribution < 1.29 is 0 Å². The van der Waals surface area contributed by atoms with Gasteiger partial charge in [-0.3, -0.25) is 0 Å². The second-order valence-corrected chi connectivity index (χ2v) is 12.1. The molecule has 5 rings (SSSR count). The third-order valence-electron chi connectivity index (χ3n) is 8.53. The SMILES string of the molecule is CCCCCCC1(CCCCCC)c2ccccc2-c2ccc(-c3ccc(Nc4ccc(Br)cc4)cc3)cc21. The van der Waals surface area contributed by atoms with Gasteiger partial charge in [0.05, 0.1) is 0 Å². The van der Waals surface area contributed by atoms with Gasteiger partial charge in [-0.2, -0.15) is 0 Å². The van der Waals surface area contributed by atoms with Crippen LogP contribution in [0, 0.1) is 0 Å². The summed E-state index contributed by atoms with van der Waals surface area (Å²) in [6.45, 7) is 4.62. The summed E-state index contributed by atoms with van der Waals surface area (Å²) in [5.41, 5.74) is 11.0. The first kappa shape index (κ1) is 27.7. The lowest BCUT2D eigenvalue weighted by molar-refractivity contribution is 0.401. The Bertz CT molecular complexity index is 1340. The van der Waals surface area contributed by atoms with Gasteiger partial charge in [0.2, 0.25) is 0 Å². The van der Waals surface area contributed by atoms with Gasteiger partial charge < -0.3 is 5.32 Å². The Morgan fingerprint density at radius 3 is 1.77 bits per heavy atom. The minimum atomic E-state index is 0.131. The number of hydrogen-bond donors (Lipinski definition) is 1. The molecule has 0 fully saturated rings. The van der Waals surface area contributed by atoms with Crippen LogP contribution in [0.15, 0.2) is 95.5 Å². The minimum absolute atomic E-state index is 0.131. The summed E-state index contributed by atoms with van der Waals surface area (Å²) in [6.07, 6.45) is 13.0. The Morgan fingerprint density at radius 1 is 0.564 bits per heavy atom. The molecule has 1 nitrogen and oxygen atoms in total. The molecule has 0 aromatic heterocycles. The van der Waals surface area contributed by atoms with Gasteiger partial charge in [-0.1, -0.05) is 130 Å². The zero-order chi connectivity index (χ0) is 27.1. The fraction of sp³-hybridized carbons (Fsp3) is 0.351. The van der Waals surface area contributed by atoms with Crippen LogP contribution in [-0.2, 0) is 5.41 Å². The number of nitrogens with one attached hydrogen (secondary N) is 1. The molecular formula is C37H42BrN. The van der Waals surface area contributed by atoms with E-state index in [1.807, 2.05) is 0 Å². The van der Waals surface area contributed by atoms with Gasteiger partial charge in [-0.25, -0.2) is 0 Å². The molecule has 0 radical (unpaired) electrons. The van der Waals surface area contributed by atoms with Crippen molar-refractivity contribution in [3.8, 4) is 22.3 Å². The maximum atomic E-state index is 3.52. The van der Waals surface area contributed by atoms with E-state index in [4.69, 9.17) is 0 Å². The molecule has 1 N–H and O–H groups in total. The summed E-state index contributed by atoms with van der Waals surface area (Å²) in [7, 11) is 0. The smallest absolute Gasteiger partial charge is 0.0384 e. The molecule has 0 aliphatic heterocycles. The van der Waals surface area contributed by atoms with Gasteiger partial charge in [0.1, 0.15) is 0 Å². The van der Waals surface area contributed by atoms with Gasteiger partial charge >= 0.3 is 0 Å². The van der Waals surface area contributed by atoms with E-state index >= 15 is 0 Å². The summed E-state index contributed by atoms with van der Waals surface area (Å²) in [6, 6.07) is 33.8. The molecule has 1 aliphatic rings. The molecule has 0 spiro atoms. The molecule has 4 aromatic carbocycles. The number of benzene rings is 4. The molecule has 0 saturated heterocycles. The van der Waals surface area contributed by atoms with E-state index < -0.39 is 0 Å². The van der Waals surface area contributed by atoms with E-state index in [2.05, 4.69) is 126 Å². The minimum Gasteiger partial charge on any atom is -0.356 e. The van der Waals surface area contributed by atoms with Crippen LogP contribution < -0.4 is 5.32 Å². The van der Waals surface area contributed by atoms with Gasteiger partial charge in [0.15, 0.2) is 0 Å². The lowest BCUT2D eigenvalue weighted by Crippen LogP contribution is -2.25. The molecule has 202 valence electrons. The molecule has 0 atom stereocenters. The van der Waals surface area contributed by atoms with E-state index in [1.54, 1.807) is 11.1 Å². The fourth-order valence-corrected chi connectivity index (χ4v) is 6.72. The highest BCUT2D eigenvalue weighted by atomic mass is 79.9. The quantitative estimate of drug-likeness (QED) is 0.155. The fourth-order valence-electron chi connectivity index (χ4n) is 6.45. The van der Waals surface area contributed by atoms with Crippen molar-refractivity contribution in [1.82, 2.24) is 0 Å². The molecule has 0 heterocycles. The van der Waals surface area contributed by atoms with Crippen molar-refractivity contribution in [1.29, 1.82) is 0 Å². The largest absolute Gasteiger partial charge is 0.356 e. The number of hydrogen-bond acceptors (Lipinski definition) is 1. The predicted molar refractivity (Wildman–Crippen MR) is 173 cm³/mol. The van der Waals surface area contributed by atoms with Crippen LogP contribution in [0.4, 0.5) is 11.4 Å². The zero-order valence-corrected chi connectivity index (χ0v) is 25.2. The van der Waals surface area contributed by atoms with Crippen LogP contribution in [0.25, 0.3) is 22.3 Å².